The monoisotopic (exact) mass is 389 g/mol. The van der Waals surface area contributed by atoms with Gasteiger partial charge in [0.15, 0.2) is 0 Å². The molecule has 0 saturated heterocycles. The Morgan fingerprint density at radius 2 is 1.88 bits per heavy atom. The summed E-state index contributed by atoms with van der Waals surface area (Å²) in [5, 5.41) is 5.24. The lowest BCUT2D eigenvalue weighted by Crippen LogP contribution is -2.40. The number of hydrogen-bond donors (Lipinski definition) is 1. The molecule has 8 heteroatoms. The minimum atomic E-state index is -3.99. The fourth-order valence-electron chi connectivity index (χ4n) is 2.73. The molecule has 1 unspecified atom stereocenters. The summed E-state index contributed by atoms with van der Waals surface area (Å²) in [6, 6.07) is 15.0. The minimum Gasteiger partial charge on any atom is -0.245 e. The normalized spacial score (nSPS) is 16.7. The van der Waals surface area contributed by atoms with E-state index >= 15 is 0 Å². The number of amides is 2. The van der Waals surface area contributed by atoms with E-state index in [1.807, 2.05) is 37.3 Å². The van der Waals surface area contributed by atoms with Gasteiger partial charge in [-0.25, -0.2) is 22.9 Å². The highest BCUT2D eigenvalue weighted by atomic mass is 32.2. The smallest absolute Gasteiger partial charge is 0.245 e. The van der Waals surface area contributed by atoms with Crippen LogP contribution >= 0.6 is 11.8 Å². The Hall–Kier alpha value is -2.32. The summed E-state index contributed by atoms with van der Waals surface area (Å²) >= 11 is 1.41. The van der Waals surface area contributed by atoms with Crippen molar-refractivity contribution in [3.05, 3.63) is 60.2 Å². The first-order valence-electron chi connectivity index (χ1n) is 8.18. The molecule has 26 heavy (non-hydrogen) atoms. The van der Waals surface area contributed by atoms with Gasteiger partial charge in [0.2, 0.25) is 0 Å². The first-order valence-corrected chi connectivity index (χ1v) is 10.6. The van der Waals surface area contributed by atoms with E-state index in [2.05, 4.69) is 9.82 Å². The molecule has 0 radical (unpaired) electrons. The van der Waals surface area contributed by atoms with Crippen LogP contribution in [0.4, 0.5) is 4.79 Å². The number of nitrogens with zero attached hydrogens (tertiary/aromatic N) is 2. The molecule has 1 aliphatic rings. The molecule has 1 atom stereocenters. The molecule has 2 aromatic carbocycles. The van der Waals surface area contributed by atoms with Crippen molar-refractivity contribution in [2.45, 2.75) is 29.2 Å². The summed E-state index contributed by atoms with van der Waals surface area (Å²) in [6.45, 7) is 1.94. The average Bonchev–Trinajstić information content (AvgIpc) is 3.13. The van der Waals surface area contributed by atoms with Crippen LogP contribution in [0, 0.1) is 0 Å². The third kappa shape index (κ3) is 3.91. The van der Waals surface area contributed by atoms with E-state index in [9.17, 15) is 13.2 Å². The molecule has 1 N–H and O–H groups in total. The maximum atomic E-state index is 12.7. The van der Waals surface area contributed by atoms with Crippen molar-refractivity contribution in [3.63, 3.8) is 0 Å². The highest BCUT2D eigenvalue weighted by molar-refractivity contribution is 8.00. The van der Waals surface area contributed by atoms with Crippen LogP contribution in [0.15, 0.2) is 69.5 Å². The highest BCUT2D eigenvalue weighted by Crippen LogP contribution is 2.29. The van der Waals surface area contributed by atoms with Crippen LogP contribution in [0.25, 0.3) is 0 Å². The zero-order valence-electron chi connectivity index (χ0n) is 14.2. The molecule has 0 aromatic heterocycles. The molecule has 0 fully saturated rings. The Morgan fingerprint density at radius 3 is 2.62 bits per heavy atom. The molecule has 3 rings (SSSR count). The maximum Gasteiger partial charge on any atom is 0.352 e. The second-order valence-electron chi connectivity index (χ2n) is 5.60. The molecule has 6 nitrogen and oxygen atoms in total. The van der Waals surface area contributed by atoms with Crippen LogP contribution in [0.1, 0.15) is 24.9 Å². The van der Waals surface area contributed by atoms with Crippen LogP contribution in [0.5, 0.6) is 0 Å². The molecule has 0 aliphatic carbocycles. The zero-order chi connectivity index (χ0) is 18.6. The first-order chi connectivity index (χ1) is 12.5. The van der Waals surface area contributed by atoms with Gasteiger partial charge >= 0.3 is 6.03 Å². The number of carbonyl (C=O) groups is 1. The maximum absolute atomic E-state index is 12.7. The standard InChI is InChI=1S/C18H19N3O3S2/c1-2-25-16-10-6-7-11-17(16)26(23,24)20-18(22)21-15(12-13-19-21)14-8-4-3-5-9-14/h3-11,13,15H,2,12H2,1H3,(H,20,22). The van der Waals surface area contributed by atoms with Crippen molar-refractivity contribution in [1.29, 1.82) is 0 Å². The van der Waals surface area contributed by atoms with E-state index in [1.165, 1.54) is 22.8 Å². The van der Waals surface area contributed by atoms with Crippen LogP contribution in [-0.2, 0) is 10.0 Å². The number of hydrogen-bond acceptors (Lipinski definition) is 5. The quantitative estimate of drug-likeness (QED) is 0.792. The summed E-state index contributed by atoms with van der Waals surface area (Å²) in [5.74, 6) is 0.729. The Morgan fingerprint density at radius 1 is 1.19 bits per heavy atom. The Balaban J connectivity index is 1.82. The van der Waals surface area contributed by atoms with Crippen molar-refractivity contribution in [3.8, 4) is 0 Å². The Bertz CT molecular complexity index is 914. The van der Waals surface area contributed by atoms with Gasteiger partial charge in [0, 0.05) is 17.5 Å². The molecule has 0 spiro atoms. The average molecular weight is 390 g/mol. The van der Waals surface area contributed by atoms with Crippen molar-refractivity contribution in [1.82, 2.24) is 9.73 Å². The van der Waals surface area contributed by atoms with Gasteiger partial charge in [0.25, 0.3) is 10.0 Å². The highest BCUT2D eigenvalue weighted by Gasteiger charge is 2.31. The van der Waals surface area contributed by atoms with Gasteiger partial charge in [-0.2, -0.15) is 5.10 Å². The number of thioether (sulfide) groups is 1. The molecular formula is C18H19N3O3S2. The lowest BCUT2D eigenvalue weighted by molar-refractivity contribution is 0.192. The molecule has 1 aliphatic heterocycles. The van der Waals surface area contributed by atoms with Gasteiger partial charge in [-0.1, -0.05) is 49.4 Å². The van der Waals surface area contributed by atoms with Crippen molar-refractivity contribution in [2.75, 3.05) is 5.75 Å². The second-order valence-corrected chi connectivity index (χ2v) is 8.55. The summed E-state index contributed by atoms with van der Waals surface area (Å²) in [5.41, 5.74) is 0.902. The predicted octanol–water partition coefficient (Wildman–Crippen LogP) is 3.63. The van der Waals surface area contributed by atoms with Gasteiger partial charge in [-0.3, -0.25) is 0 Å². The number of urea groups is 1. The van der Waals surface area contributed by atoms with E-state index < -0.39 is 16.1 Å². The Labute approximate surface area is 157 Å². The van der Waals surface area contributed by atoms with Crippen LogP contribution < -0.4 is 4.72 Å². The van der Waals surface area contributed by atoms with Crippen molar-refractivity contribution < 1.29 is 13.2 Å². The number of sulfonamides is 1. The molecule has 136 valence electrons. The number of carbonyl (C=O) groups excluding carboxylic acids is 1. The fourth-order valence-corrected chi connectivity index (χ4v) is 4.95. The van der Waals surface area contributed by atoms with Crippen molar-refractivity contribution in [2.24, 2.45) is 5.10 Å². The molecule has 0 bridgehead atoms. The van der Waals surface area contributed by atoms with E-state index in [-0.39, 0.29) is 10.9 Å². The van der Waals surface area contributed by atoms with Gasteiger partial charge in [0.05, 0.1) is 6.04 Å². The van der Waals surface area contributed by atoms with Crippen molar-refractivity contribution >= 4 is 34.0 Å². The van der Waals surface area contributed by atoms with Gasteiger partial charge in [0.1, 0.15) is 4.90 Å². The topological polar surface area (TPSA) is 78.8 Å². The van der Waals surface area contributed by atoms with Crippen LogP contribution in [0.3, 0.4) is 0 Å². The molecule has 2 amide bonds. The molecule has 1 heterocycles. The minimum absolute atomic E-state index is 0.0969. The number of rotatable bonds is 5. The predicted molar refractivity (Wildman–Crippen MR) is 103 cm³/mol. The summed E-state index contributed by atoms with van der Waals surface area (Å²) in [4.78, 5) is 13.3. The van der Waals surface area contributed by atoms with Gasteiger partial charge in [-0.05, 0) is 23.4 Å². The largest absolute Gasteiger partial charge is 0.352 e. The lowest BCUT2D eigenvalue weighted by atomic mass is 10.1. The lowest BCUT2D eigenvalue weighted by Gasteiger charge is -2.22. The third-order valence-corrected chi connectivity index (χ3v) is 6.35. The SMILES string of the molecule is CCSc1ccccc1S(=O)(=O)NC(=O)N1N=CCC1c1ccccc1. The van der Waals surface area contributed by atoms with E-state index in [0.717, 1.165) is 11.3 Å². The number of hydrazone groups is 1. The summed E-state index contributed by atoms with van der Waals surface area (Å²) in [7, 11) is -3.99. The summed E-state index contributed by atoms with van der Waals surface area (Å²) in [6.07, 6.45) is 2.16. The van der Waals surface area contributed by atoms with E-state index in [1.54, 1.807) is 24.4 Å². The van der Waals surface area contributed by atoms with E-state index in [0.29, 0.717) is 11.3 Å². The molecular weight excluding hydrogens is 370 g/mol. The van der Waals surface area contributed by atoms with E-state index in [4.69, 9.17) is 0 Å². The van der Waals surface area contributed by atoms with Crippen LogP contribution in [0.2, 0.25) is 0 Å². The zero-order valence-corrected chi connectivity index (χ0v) is 15.8. The summed E-state index contributed by atoms with van der Waals surface area (Å²) < 4.78 is 27.6. The number of nitrogens with one attached hydrogen (secondary N) is 1. The van der Waals surface area contributed by atoms with Gasteiger partial charge in [-0.15, -0.1) is 11.8 Å². The molecule has 2 aromatic rings. The first kappa shape index (κ1) is 18.5. The third-order valence-electron chi connectivity index (χ3n) is 3.88. The fraction of sp³-hybridized carbons (Fsp3) is 0.222. The second kappa shape index (κ2) is 7.92. The number of benzene rings is 2. The van der Waals surface area contributed by atoms with Gasteiger partial charge < -0.3 is 0 Å². The molecule has 0 saturated carbocycles. The Kier molecular flexibility index (Phi) is 5.63. The van der Waals surface area contributed by atoms with Crippen LogP contribution in [-0.4, -0.2) is 31.4 Å².